The lowest BCUT2D eigenvalue weighted by Gasteiger charge is -2.24. The molecule has 2 heterocycles. The third-order valence-corrected chi connectivity index (χ3v) is 3.83. The van der Waals surface area contributed by atoms with Crippen LogP contribution in [0.25, 0.3) is 0 Å². The third kappa shape index (κ3) is 2.65. The van der Waals surface area contributed by atoms with Gasteiger partial charge in [-0.1, -0.05) is 6.92 Å². The third-order valence-electron chi connectivity index (χ3n) is 3.83. The number of anilines is 1. The predicted molar refractivity (Wildman–Crippen MR) is 75.9 cm³/mol. The Balaban J connectivity index is 2.18. The second-order valence-corrected chi connectivity index (χ2v) is 5.45. The van der Waals surface area contributed by atoms with Gasteiger partial charge in [-0.3, -0.25) is 4.98 Å². The summed E-state index contributed by atoms with van der Waals surface area (Å²) in [7, 11) is 6.32. The number of aromatic nitrogens is 1. The van der Waals surface area contributed by atoms with Gasteiger partial charge in [0.2, 0.25) is 0 Å². The Kier molecular flexibility index (Phi) is 4.19. The van der Waals surface area contributed by atoms with E-state index in [1.165, 1.54) is 11.3 Å². The Morgan fingerprint density at radius 2 is 2.22 bits per heavy atom. The van der Waals surface area contributed by atoms with E-state index in [9.17, 15) is 0 Å². The Labute approximate surface area is 110 Å². The molecule has 4 nitrogen and oxygen atoms in total. The Morgan fingerprint density at radius 3 is 2.83 bits per heavy atom. The van der Waals surface area contributed by atoms with Crippen LogP contribution in [0.15, 0.2) is 18.5 Å². The first-order valence-electron chi connectivity index (χ1n) is 6.62. The summed E-state index contributed by atoms with van der Waals surface area (Å²) in [5, 5.41) is 3.23. The van der Waals surface area contributed by atoms with Crippen molar-refractivity contribution in [2.24, 2.45) is 5.92 Å². The maximum atomic E-state index is 4.28. The zero-order valence-electron chi connectivity index (χ0n) is 11.8. The van der Waals surface area contributed by atoms with E-state index in [2.05, 4.69) is 47.2 Å². The van der Waals surface area contributed by atoms with Crippen LogP contribution in [-0.4, -0.2) is 50.2 Å². The molecule has 1 saturated heterocycles. The maximum absolute atomic E-state index is 4.28. The highest BCUT2D eigenvalue weighted by atomic mass is 15.2. The molecule has 1 N–H and O–H groups in total. The van der Waals surface area contributed by atoms with Crippen molar-refractivity contribution < 1.29 is 0 Å². The van der Waals surface area contributed by atoms with Crippen molar-refractivity contribution in [3.63, 3.8) is 0 Å². The molecule has 0 spiro atoms. The number of hydrogen-bond acceptors (Lipinski definition) is 4. The van der Waals surface area contributed by atoms with E-state index in [1.807, 2.05) is 19.4 Å². The number of rotatable bonds is 4. The average molecular weight is 248 g/mol. The maximum Gasteiger partial charge on any atom is 0.0598 e. The van der Waals surface area contributed by atoms with Crippen LogP contribution >= 0.6 is 0 Å². The van der Waals surface area contributed by atoms with Crippen LogP contribution in [-0.2, 0) is 6.54 Å². The van der Waals surface area contributed by atoms with E-state index >= 15 is 0 Å². The molecule has 18 heavy (non-hydrogen) atoms. The number of nitrogens with one attached hydrogen (secondary N) is 1. The molecule has 0 aliphatic carbocycles. The Morgan fingerprint density at radius 1 is 1.44 bits per heavy atom. The van der Waals surface area contributed by atoms with Crippen molar-refractivity contribution in [3.8, 4) is 0 Å². The van der Waals surface area contributed by atoms with E-state index in [0.29, 0.717) is 12.0 Å². The highest BCUT2D eigenvalue weighted by Crippen LogP contribution is 2.28. The lowest BCUT2D eigenvalue weighted by molar-refractivity contribution is 0.266. The van der Waals surface area contributed by atoms with Gasteiger partial charge in [-0.15, -0.1) is 0 Å². The second kappa shape index (κ2) is 5.67. The SMILES string of the molecule is CNCc1ccncc1N1CC(C)C(N(C)C)C1. The van der Waals surface area contributed by atoms with Crippen molar-refractivity contribution in [3.05, 3.63) is 24.0 Å². The molecule has 0 amide bonds. The second-order valence-electron chi connectivity index (χ2n) is 5.45. The van der Waals surface area contributed by atoms with Gasteiger partial charge in [0.1, 0.15) is 0 Å². The normalized spacial score (nSPS) is 23.9. The van der Waals surface area contributed by atoms with Gasteiger partial charge >= 0.3 is 0 Å². The molecule has 1 aliphatic heterocycles. The number of nitrogens with zero attached hydrogens (tertiary/aromatic N) is 3. The lowest BCUT2D eigenvalue weighted by atomic mass is 10.1. The monoisotopic (exact) mass is 248 g/mol. The molecule has 2 rings (SSSR count). The van der Waals surface area contributed by atoms with Crippen LogP contribution in [0.4, 0.5) is 5.69 Å². The molecule has 2 unspecified atom stereocenters. The molecule has 1 aliphatic rings. The van der Waals surface area contributed by atoms with Crippen LogP contribution in [0.3, 0.4) is 0 Å². The smallest absolute Gasteiger partial charge is 0.0598 e. The van der Waals surface area contributed by atoms with E-state index < -0.39 is 0 Å². The van der Waals surface area contributed by atoms with Gasteiger partial charge in [0.25, 0.3) is 0 Å². The minimum atomic E-state index is 0.632. The zero-order chi connectivity index (χ0) is 13.1. The van der Waals surface area contributed by atoms with E-state index in [4.69, 9.17) is 0 Å². The minimum absolute atomic E-state index is 0.632. The van der Waals surface area contributed by atoms with E-state index in [0.717, 1.165) is 19.6 Å². The summed E-state index contributed by atoms with van der Waals surface area (Å²) >= 11 is 0. The molecule has 2 atom stereocenters. The van der Waals surface area contributed by atoms with Gasteiger partial charge in [-0.05, 0) is 38.7 Å². The quantitative estimate of drug-likeness (QED) is 0.867. The first kappa shape index (κ1) is 13.3. The van der Waals surface area contributed by atoms with E-state index in [-0.39, 0.29) is 0 Å². The summed E-state index contributed by atoms with van der Waals surface area (Å²) in [6, 6.07) is 2.74. The van der Waals surface area contributed by atoms with E-state index in [1.54, 1.807) is 0 Å². The Hall–Kier alpha value is -1.13. The summed E-state index contributed by atoms with van der Waals surface area (Å²) in [6.07, 6.45) is 3.87. The van der Waals surface area contributed by atoms with Crippen molar-refractivity contribution in [2.45, 2.75) is 19.5 Å². The van der Waals surface area contributed by atoms with Gasteiger partial charge in [-0.2, -0.15) is 0 Å². The molecule has 1 fully saturated rings. The topological polar surface area (TPSA) is 31.4 Å². The summed E-state index contributed by atoms with van der Waals surface area (Å²) < 4.78 is 0. The molecule has 1 aromatic rings. The predicted octanol–water partition coefficient (Wildman–Crippen LogP) is 1.19. The van der Waals surface area contributed by atoms with Crippen LogP contribution in [0.1, 0.15) is 12.5 Å². The fourth-order valence-corrected chi connectivity index (χ4v) is 2.86. The molecule has 0 bridgehead atoms. The van der Waals surface area contributed by atoms with Crippen molar-refractivity contribution in [1.29, 1.82) is 0 Å². The highest BCUT2D eigenvalue weighted by molar-refractivity contribution is 5.53. The summed E-state index contributed by atoms with van der Waals surface area (Å²) in [4.78, 5) is 9.08. The van der Waals surface area contributed by atoms with Crippen LogP contribution in [0.5, 0.6) is 0 Å². The number of likely N-dealkylation sites (N-methyl/N-ethyl adjacent to an activating group) is 1. The fourth-order valence-electron chi connectivity index (χ4n) is 2.86. The molecule has 0 radical (unpaired) electrons. The summed E-state index contributed by atoms with van der Waals surface area (Å²) in [5.41, 5.74) is 2.61. The molecule has 0 saturated carbocycles. The van der Waals surface area contributed by atoms with Gasteiger partial charge < -0.3 is 15.1 Å². The van der Waals surface area contributed by atoms with Gasteiger partial charge in [0.15, 0.2) is 0 Å². The first-order chi connectivity index (χ1) is 8.63. The standard InChI is InChI=1S/C14H24N4/c1-11-9-18(10-14(11)17(3)4)13-8-16-6-5-12(13)7-15-2/h5-6,8,11,14-15H,7,9-10H2,1-4H3. The largest absolute Gasteiger partial charge is 0.368 e. The number of pyridine rings is 1. The van der Waals surface area contributed by atoms with Crippen LogP contribution in [0.2, 0.25) is 0 Å². The molecular formula is C14H24N4. The molecule has 100 valence electrons. The fraction of sp³-hybridized carbons (Fsp3) is 0.643. The van der Waals surface area contributed by atoms with Crippen molar-refractivity contribution in [2.75, 3.05) is 39.1 Å². The van der Waals surface area contributed by atoms with Crippen molar-refractivity contribution >= 4 is 5.69 Å². The van der Waals surface area contributed by atoms with Gasteiger partial charge in [0, 0.05) is 31.9 Å². The Bertz CT molecular complexity index is 391. The highest BCUT2D eigenvalue weighted by Gasteiger charge is 2.31. The molecule has 4 heteroatoms. The lowest BCUT2D eigenvalue weighted by Crippen LogP contribution is -2.34. The average Bonchev–Trinajstić information content (AvgIpc) is 2.72. The molecule has 0 aromatic carbocycles. The first-order valence-corrected chi connectivity index (χ1v) is 6.62. The van der Waals surface area contributed by atoms with Crippen LogP contribution < -0.4 is 10.2 Å². The molecule has 1 aromatic heterocycles. The number of hydrogen-bond donors (Lipinski definition) is 1. The minimum Gasteiger partial charge on any atom is -0.368 e. The van der Waals surface area contributed by atoms with Gasteiger partial charge in [0.05, 0.1) is 11.9 Å². The van der Waals surface area contributed by atoms with Crippen molar-refractivity contribution in [1.82, 2.24) is 15.2 Å². The molecular weight excluding hydrogens is 224 g/mol. The van der Waals surface area contributed by atoms with Crippen LogP contribution in [0, 0.1) is 5.92 Å². The zero-order valence-corrected chi connectivity index (χ0v) is 11.8. The van der Waals surface area contributed by atoms with Gasteiger partial charge in [-0.25, -0.2) is 0 Å². The summed E-state index contributed by atoms with van der Waals surface area (Å²) in [5.74, 6) is 0.697. The summed E-state index contributed by atoms with van der Waals surface area (Å²) in [6.45, 7) is 5.44.